The summed E-state index contributed by atoms with van der Waals surface area (Å²) in [5.74, 6) is -1.20. The molecule has 2 amide bonds. The number of thioether (sulfide) groups is 1. The van der Waals surface area contributed by atoms with Gasteiger partial charge in [-0.15, -0.1) is 0 Å². The van der Waals surface area contributed by atoms with Crippen molar-refractivity contribution >= 4 is 57.9 Å². The first-order chi connectivity index (χ1) is 12.8. The fraction of sp³-hybridized carbons (Fsp3) is 0.0588. The van der Waals surface area contributed by atoms with E-state index in [1.807, 2.05) is 0 Å². The molecule has 1 aliphatic heterocycles. The summed E-state index contributed by atoms with van der Waals surface area (Å²) in [6, 6.07) is 8.96. The molecule has 10 heteroatoms. The van der Waals surface area contributed by atoms with Gasteiger partial charge in [0.1, 0.15) is 0 Å². The van der Waals surface area contributed by atoms with E-state index in [1.54, 1.807) is 24.3 Å². The van der Waals surface area contributed by atoms with Crippen LogP contribution in [0, 0.1) is 10.1 Å². The summed E-state index contributed by atoms with van der Waals surface area (Å²) in [7, 11) is 0. The predicted octanol–water partition coefficient (Wildman–Crippen LogP) is 4.84. The van der Waals surface area contributed by atoms with Gasteiger partial charge in [-0.25, -0.2) is 0 Å². The van der Waals surface area contributed by atoms with Crippen LogP contribution in [-0.2, 0) is 11.3 Å². The van der Waals surface area contributed by atoms with E-state index in [9.17, 15) is 24.8 Å². The van der Waals surface area contributed by atoms with E-state index >= 15 is 0 Å². The van der Waals surface area contributed by atoms with Gasteiger partial charge < -0.3 is 5.11 Å². The van der Waals surface area contributed by atoms with Gasteiger partial charge in [0.2, 0.25) is 5.75 Å². The van der Waals surface area contributed by atoms with Crippen molar-refractivity contribution in [2.75, 3.05) is 0 Å². The molecule has 0 bridgehead atoms. The van der Waals surface area contributed by atoms with Crippen LogP contribution in [0.25, 0.3) is 6.08 Å². The smallest absolute Gasteiger partial charge is 0.312 e. The predicted molar refractivity (Wildman–Crippen MR) is 103 cm³/mol. The Morgan fingerprint density at radius 3 is 2.44 bits per heavy atom. The quantitative estimate of drug-likeness (QED) is 0.427. The van der Waals surface area contributed by atoms with Crippen LogP contribution in [0.2, 0.25) is 10.0 Å². The van der Waals surface area contributed by atoms with E-state index in [4.69, 9.17) is 23.2 Å². The zero-order valence-corrected chi connectivity index (χ0v) is 15.7. The third-order valence-electron chi connectivity index (χ3n) is 3.69. The van der Waals surface area contributed by atoms with Crippen LogP contribution in [0.4, 0.5) is 10.5 Å². The highest BCUT2D eigenvalue weighted by molar-refractivity contribution is 8.18. The number of rotatable bonds is 4. The van der Waals surface area contributed by atoms with Crippen molar-refractivity contribution in [2.45, 2.75) is 6.54 Å². The molecule has 0 aromatic heterocycles. The lowest BCUT2D eigenvalue weighted by molar-refractivity contribution is -0.385. The molecule has 7 nitrogen and oxygen atoms in total. The van der Waals surface area contributed by atoms with Gasteiger partial charge in [0.25, 0.3) is 11.1 Å². The molecule has 0 radical (unpaired) electrons. The Morgan fingerprint density at radius 2 is 1.81 bits per heavy atom. The average molecular weight is 425 g/mol. The van der Waals surface area contributed by atoms with E-state index in [0.717, 1.165) is 11.0 Å². The molecular formula is C17H10Cl2N2O5S. The number of nitro groups is 1. The Morgan fingerprint density at radius 1 is 1.15 bits per heavy atom. The lowest BCUT2D eigenvalue weighted by Crippen LogP contribution is -2.27. The van der Waals surface area contributed by atoms with Crippen LogP contribution in [-0.4, -0.2) is 26.1 Å². The normalized spacial score (nSPS) is 15.6. The van der Waals surface area contributed by atoms with E-state index in [-0.39, 0.29) is 22.0 Å². The van der Waals surface area contributed by atoms with Crippen molar-refractivity contribution in [3.05, 3.63) is 72.6 Å². The minimum Gasteiger partial charge on any atom is -0.502 e. The lowest BCUT2D eigenvalue weighted by Gasteiger charge is -2.12. The minimum atomic E-state index is -0.787. The van der Waals surface area contributed by atoms with Gasteiger partial charge in [-0.05, 0) is 41.6 Å². The largest absolute Gasteiger partial charge is 0.502 e. The van der Waals surface area contributed by atoms with Crippen LogP contribution in [0.1, 0.15) is 11.1 Å². The molecule has 3 rings (SSSR count). The number of nitrogens with zero attached hydrogens (tertiary/aromatic N) is 2. The van der Waals surface area contributed by atoms with Crippen molar-refractivity contribution in [2.24, 2.45) is 0 Å². The summed E-state index contributed by atoms with van der Waals surface area (Å²) in [6.45, 7) is 0.0564. The summed E-state index contributed by atoms with van der Waals surface area (Å²) < 4.78 is 0. The fourth-order valence-corrected chi connectivity index (χ4v) is 3.58. The standard InChI is InChI=1S/C17H10Cl2N2O5S/c18-11-3-1-9(2-4-11)8-20-16(23)14(27-17(20)24)6-10-5-12(19)7-13(15(10)22)21(25)26/h1-7,22H,8H2/b14-6+. The number of carbonyl (C=O) groups excluding carboxylic acids is 2. The lowest BCUT2D eigenvalue weighted by atomic mass is 10.1. The number of carbonyl (C=O) groups is 2. The number of benzene rings is 2. The second-order valence-corrected chi connectivity index (χ2v) is 7.38. The Hall–Kier alpha value is -2.55. The summed E-state index contributed by atoms with van der Waals surface area (Å²) in [5.41, 5.74) is 0.101. The molecule has 0 unspecified atom stereocenters. The third-order valence-corrected chi connectivity index (χ3v) is 5.07. The van der Waals surface area contributed by atoms with Crippen molar-refractivity contribution in [3.8, 4) is 5.75 Å². The molecular weight excluding hydrogens is 415 g/mol. The van der Waals surface area contributed by atoms with E-state index in [0.29, 0.717) is 22.3 Å². The molecule has 1 saturated heterocycles. The Bertz CT molecular complexity index is 992. The number of amides is 2. The molecule has 0 atom stereocenters. The maximum absolute atomic E-state index is 12.5. The number of imide groups is 1. The average Bonchev–Trinajstić information content (AvgIpc) is 2.87. The minimum absolute atomic E-state index is 0.0196. The van der Waals surface area contributed by atoms with Crippen LogP contribution in [0.15, 0.2) is 41.3 Å². The van der Waals surface area contributed by atoms with Crippen molar-refractivity contribution < 1.29 is 19.6 Å². The Kier molecular flexibility index (Phi) is 5.41. The molecule has 138 valence electrons. The van der Waals surface area contributed by atoms with Gasteiger partial charge in [0.05, 0.1) is 16.4 Å². The molecule has 27 heavy (non-hydrogen) atoms. The molecule has 1 aliphatic rings. The number of nitro benzene ring substituents is 1. The molecule has 0 spiro atoms. The number of hydrogen-bond donors (Lipinski definition) is 1. The number of aromatic hydroxyl groups is 1. The van der Waals surface area contributed by atoms with Gasteiger partial charge in [-0.1, -0.05) is 35.3 Å². The first-order valence-corrected chi connectivity index (χ1v) is 9.00. The number of phenols is 1. The molecule has 2 aromatic carbocycles. The molecule has 0 aliphatic carbocycles. The van der Waals surface area contributed by atoms with Crippen LogP contribution >= 0.6 is 35.0 Å². The molecule has 0 saturated carbocycles. The van der Waals surface area contributed by atoms with Gasteiger partial charge >= 0.3 is 5.69 Å². The van der Waals surface area contributed by atoms with Crippen molar-refractivity contribution in [1.82, 2.24) is 4.90 Å². The monoisotopic (exact) mass is 424 g/mol. The first kappa shape index (κ1) is 19.2. The first-order valence-electron chi connectivity index (χ1n) is 7.43. The van der Waals surface area contributed by atoms with Gasteiger partial charge in [-0.3, -0.25) is 24.6 Å². The second-order valence-electron chi connectivity index (χ2n) is 5.51. The zero-order chi connectivity index (χ0) is 19.7. The summed E-state index contributed by atoms with van der Waals surface area (Å²) >= 11 is 12.3. The highest BCUT2D eigenvalue weighted by Crippen LogP contribution is 2.38. The molecule has 1 heterocycles. The number of halogens is 2. The summed E-state index contributed by atoms with van der Waals surface area (Å²) in [4.78, 5) is 36.0. The second kappa shape index (κ2) is 7.59. The topological polar surface area (TPSA) is 101 Å². The zero-order valence-electron chi connectivity index (χ0n) is 13.4. The van der Waals surface area contributed by atoms with Gasteiger partial charge in [-0.2, -0.15) is 0 Å². The van der Waals surface area contributed by atoms with Crippen LogP contribution in [0.5, 0.6) is 5.75 Å². The van der Waals surface area contributed by atoms with Crippen LogP contribution < -0.4 is 0 Å². The van der Waals surface area contributed by atoms with E-state index in [2.05, 4.69) is 0 Å². The molecule has 2 aromatic rings. The van der Waals surface area contributed by atoms with E-state index < -0.39 is 27.5 Å². The van der Waals surface area contributed by atoms with Crippen molar-refractivity contribution in [1.29, 1.82) is 0 Å². The van der Waals surface area contributed by atoms with Gasteiger partial charge in [0, 0.05) is 21.7 Å². The van der Waals surface area contributed by atoms with Crippen LogP contribution in [0.3, 0.4) is 0 Å². The highest BCUT2D eigenvalue weighted by Gasteiger charge is 2.35. The van der Waals surface area contributed by atoms with Crippen molar-refractivity contribution in [3.63, 3.8) is 0 Å². The maximum Gasteiger partial charge on any atom is 0.312 e. The summed E-state index contributed by atoms with van der Waals surface area (Å²) in [5, 5.41) is 21.1. The number of phenolic OH excluding ortho intramolecular Hbond substituents is 1. The number of hydrogen-bond acceptors (Lipinski definition) is 6. The SMILES string of the molecule is O=C1S/C(=C/c2cc(Cl)cc([N+](=O)[O-])c2O)C(=O)N1Cc1ccc(Cl)cc1. The highest BCUT2D eigenvalue weighted by atomic mass is 35.5. The molecule has 1 N–H and O–H groups in total. The fourth-order valence-electron chi connectivity index (χ4n) is 2.40. The Balaban J connectivity index is 1.90. The molecule has 1 fully saturated rings. The van der Waals surface area contributed by atoms with Gasteiger partial charge in [0.15, 0.2) is 0 Å². The van der Waals surface area contributed by atoms with E-state index in [1.165, 1.54) is 12.1 Å². The maximum atomic E-state index is 12.5. The Labute approximate surface area is 167 Å². The summed E-state index contributed by atoms with van der Waals surface area (Å²) in [6.07, 6.45) is 1.21. The third kappa shape index (κ3) is 4.08.